The summed E-state index contributed by atoms with van der Waals surface area (Å²) in [6, 6.07) is 10.6. The minimum atomic E-state index is -0.278. The number of pyridine rings is 1. The van der Waals surface area contributed by atoms with Crippen LogP contribution in [0.3, 0.4) is 0 Å². The van der Waals surface area contributed by atoms with E-state index in [0.717, 1.165) is 5.56 Å². The molecule has 0 bridgehead atoms. The summed E-state index contributed by atoms with van der Waals surface area (Å²) in [5.41, 5.74) is 7.24. The third-order valence-electron chi connectivity index (χ3n) is 2.46. The van der Waals surface area contributed by atoms with Crippen LogP contribution in [0, 0.1) is 6.92 Å². The Labute approximate surface area is 111 Å². The summed E-state index contributed by atoms with van der Waals surface area (Å²) >= 11 is 0. The number of aromatic nitrogens is 1. The predicted molar refractivity (Wildman–Crippen MR) is 74.0 cm³/mol. The summed E-state index contributed by atoms with van der Waals surface area (Å²) in [7, 11) is 0. The highest BCUT2D eigenvalue weighted by molar-refractivity contribution is 5.91. The molecule has 1 heterocycles. The van der Waals surface area contributed by atoms with Gasteiger partial charge in [-0.1, -0.05) is 18.2 Å². The first kappa shape index (κ1) is 12.9. The molecule has 2 rings (SSSR count). The summed E-state index contributed by atoms with van der Waals surface area (Å²) in [6.45, 7) is 1.82. The van der Waals surface area contributed by atoms with Gasteiger partial charge in [0.05, 0.1) is 5.69 Å². The van der Waals surface area contributed by atoms with E-state index in [2.05, 4.69) is 10.3 Å². The fourth-order valence-electron chi connectivity index (χ4n) is 1.48. The number of hydrogen-bond acceptors (Lipinski definition) is 4. The Balaban J connectivity index is 1.88. The zero-order chi connectivity index (χ0) is 13.7. The Hall–Kier alpha value is -2.56. The fourth-order valence-corrected chi connectivity index (χ4v) is 1.48. The molecular formula is C14H15N3O2. The maximum absolute atomic E-state index is 11.7. The Morgan fingerprint density at radius 3 is 2.79 bits per heavy atom. The van der Waals surface area contributed by atoms with Crippen molar-refractivity contribution in [1.29, 1.82) is 0 Å². The number of nitrogens with two attached hydrogens (primary N) is 1. The van der Waals surface area contributed by atoms with Gasteiger partial charge in [0.25, 0.3) is 5.91 Å². The number of nitrogens with one attached hydrogen (secondary N) is 1. The number of nitrogen functional groups attached to an aromatic ring is 1. The van der Waals surface area contributed by atoms with Crippen molar-refractivity contribution < 1.29 is 9.53 Å². The molecule has 1 aromatic heterocycles. The number of anilines is 2. The first-order chi connectivity index (χ1) is 9.15. The average Bonchev–Trinajstić information content (AvgIpc) is 2.40. The van der Waals surface area contributed by atoms with Crippen LogP contribution >= 0.6 is 0 Å². The maximum atomic E-state index is 11.7. The molecule has 1 aromatic carbocycles. The van der Waals surface area contributed by atoms with Crippen LogP contribution < -0.4 is 15.8 Å². The molecular weight excluding hydrogens is 242 g/mol. The van der Waals surface area contributed by atoms with Gasteiger partial charge in [0.15, 0.2) is 6.61 Å². The summed E-state index contributed by atoms with van der Waals surface area (Å²) in [4.78, 5) is 15.7. The number of nitrogens with zero attached hydrogens (tertiary/aromatic N) is 1. The first-order valence-electron chi connectivity index (χ1n) is 5.85. The van der Waals surface area contributed by atoms with Crippen LogP contribution in [-0.4, -0.2) is 17.5 Å². The third-order valence-corrected chi connectivity index (χ3v) is 2.46. The van der Waals surface area contributed by atoms with Gasteiger partial charge >= 0.3 is 0 Å². The molecule has 0 aliphatic rings. The highest BCUT2D eigenvalue weighted by Crippen LogP contribution is 2.19. The standard InChI is InChI=1S/C14H15N3O2/c1-10-6-7-13(16-8-10)17-14(18)9-19-12-5-3-2-4-11(12)15/h2-8H,9,15H2,1H3,(H,16,17,18). The van der Waals surface area contributed by atoms with Crippen molar-refractivity contribution in [2.24, 2.45) is 0 Å². The molecule has 5 nitrogen and oxygen atoms in total. The van der Waals surface area contributed by atoms with Gasteiger partial charge in [-0.25, -0.2) is 4.98 Å². The van der Waals surface area contributed by atoms with Crippen LogP contribution in [0.4, 0.5) is 11.5 Å². The molecule has 0 aliphatic carbocycles. The maximum Gasteiger partial charge on any atom is 0.263 e. The number of ether oxygens (including phenoxy) is 1. The summed E-state index contributed by atoms with van der Waals surface area (Å²) in [5, 5.41) is 2.64. The Morgan fingerprint density at radius 2 is 2.11 bits per heavy atom. The molecule has 98 valence electrons. The molecule has 0 aliphatic heterocycles. The lowest BCUT2D eigenvalue weighted by atomic mass is 10.3. The second-order valence-electron chi connectivity index (χ2n) is 4.10. The van der Waals surface area contributed by atoms with Crippen LogP contribution in [0.1, 0.15) is 5.56 Å². The van der Waals surface area contributed by atoms with Crippen LogP contribution in [0.15, 0.2) is 42.6 Å². The van der Waals surface area contributed by atoms with E-state index in [1.165, 1.54) is 0 Å². The molecule has 0 atom stereocenters. The number of para-hydroxylation sites is 2. The normalized spacial score (nSPS) is 9.95. The van der Waals surface area contributed by atoms with Gasteiger partial charge in [0.2, 0.25) is 0 Å². The SMILES string of the molecule is Cc1ccc(NC(=O)COc2ccccc2N)nc1. The van der Waals surface area contributed by atoms with Crippen LogP contribution in [0.25, 0.3) is 0 Å². The Kier molecular flexibility index (Phi) is 3.97. The number of carbonyl (C=O) groups is 1. The highest BCUT2D eigenvalue weighted by atomic mass is 16.5. The fraction of sp³-hybridized carbons (Fsp3) is 0.143. The van der Waals surface area contributed by atoms with Gasteiger partial charge < -0.3 is 15.8 Å². The zero-order valence-corrected chi connectivity index (χ0v) is 10.6. The number of benzene rings is 1. The molecule has 0 unspecified atom stereocenters. The Bertz CT molecular complexity index is 567. The van der Waals surface area contributed by atoms with Crippen molar-refractivity contribution in [3.63, 3.8) is 0 Å². The molecule has 3 N–H and O–H groups in total. The zero-order valence-electron chi connectivity index (χ0n) is 10.6. The van der Waals surface area contributed by atoms with Crippen LogP contribution in [-0.2, 0) is 4.79 Å². The Morgan fingerprint density at radius 1 is 1.32 bits per heavy atom. The second kappa shape index (κ2) is 5.86. The van der Waals surface area contributed by atoms with Crippen LogP contribution in [0.5, 0.6) is 5.75 Å². The van der Waals surface area contributed by atoms with E-state index in [1.54, 1.807) is 36.5 Å². The molecule has 0 fully saturated rings. The van der Waals surface area contributed by atoms with E-state index in [0.29, 0.717) is 17.3 Å². The lowest BCUT2D eigenvalue weighted by molar-refractivity contribution is -0.118. The highest BCUT2D eigenvalue weighted by Gasteiger charge is 2.05. The number of aryl methyl sites for hydroxylation is 1. The van der Waals surface area contributed by atoms with Gasteiger partial charge in [0, 0.05) is 6.20 Å². The minimum Gasteiger partial charge on any atom is -0.482 e. The smallest absolute Gasteiger partial charge is 0.263 e. The van der Waals surface area contributed by atoms with E-state index in [4.69, 9.17) is 10.5 Å². The van der Waals surface area contributed by atoms with Crippen molar-refractivity contribution in [2.75, 3.05) is 17.7 Å². The molecule has 0 spiro atoms. The topological polar surface area (TPSA) is 77.2 Å². The number of rotatable bonds is 4. The average molecular weight is 257 g/mol. The molecule has 19 heavy (non-hydrogen) atoms. The van der Waals surface area contributed by atoms with Crippen molar-refractivity contribution in [3.8, 4) is 5.75 Å². The molecule has 0 saturated carbocycles. The predicted octanol–water partition coefficient (Wildman–Crippen LogP) is 1.99. The van der Waals surface area contributed by atoms with Crippen LogP contribution in [0.2, 0.25) is 0 Å². The van der Waals surface area contributed by atoms with Gasteiger partial charge in [0.1, 0.15) is 11.6 Å². The summed E-state index contributed by atoms with van der Waals surface area (Å²) in [6.07, 6.45) is 1.69. The van der Waals surface area contributed by atoms with Crippen molar-refractivity contribution in [1.82, 2.24) is 4.98 Å². The quantitative estimate of drug-likeness (QED) is 0.821. The molecule has 5 heteroatoms. The van der Waals surface area contributed by atoms with E-state index >= 15 is 0 Å². The van der Waals surface area contributed by atoms with Crippen molar-refractivity contribution >= 4 is 17.4 Å². The van der Waals surface area contributed by atoms with E-state index in [1.807, 2.05) is 13.0 Å². The molecule has 1 amide bonds. The summed E-state index contributed by atoms with van der Waals surface area (Å²) < 4.78 is 5.33. The van der Waals surface area contributed by atoms with E-state index in [-0.39, 0.29) is 12.5 Å². The van der Waals surface area contributed by atoms with E-state index < -0.39 is 0 Å². The molecule has 0 saturated heterocycles. The lowest BCUT2D eigenvalue weighted by Crippen LogP contribution is -2.21. The van der Waals surface area contributed by atoms with Gasteiger partial charge in [-0.2, -0.15) is 0 Å². The van der Waals surface area contributed by atoms with Crippen molar-refractivity contribution in [2.45, 2.75) is 6.92 Å². The van der Waals surface area contributed by atoms with Gasteiger partial charge in [-0.15, -0.1) is 0 Å². The van der Waals surface area contributed by atoms with Gasteiger partial charge in [-0.05, 0) is 30.7 Å². The minimum absolute atomic E-state index is 0.107. The first-order valence-corrected chi connectivity index (χ1v) is 5.85. The number of carbonyl (C=O) groups excluding carboxylic acids is 1. The van der Waals surface area contributed by atoms with E-state index in [9.17, 15) is 4.79 Å². The summed E-state index contributed by atoms with van der Waals surface area (Å²) in [5.74, 6) is 0.717. The number of amides is 1. The largest absolute Gasteiger partial charge is 0.482 e. The molecule has 0 radical (unpaired) electrons. The van der Waals surface area contributed by atoms with Crippen molar-refractivity contribution in [3.05, 3.63) is 48.2 Å². The lowest BCUT2D eigenvalue weighted by Gasteiger charge is -2.08. The monoisotopic (exact) mass is 257 g/mol. The van der Waals surface area contributed by atoms with Gasteiger partial charge in [-0.3, -0.25) is 4.79 Å². The second-order valence-corrected chi connectivity index (χ2v) is 4.10. The third kappa shape index (κ3) is 3.70. The number of hydrogen-bond donors (Lipinski definition) is 2. The molecule has 2 aromatic rings.